The Morgan fingerprint density at radius 3 is 3.00 bits per heavy atom. The molecule has 2 atom stereocenters. The second kappa shape index (κ2) is 6.89. The quantitative estimate of drug-likeness (QED) is 0.882. The average Bonchev–Trinajstić information content (AvgIpc) is 2.99. The number of anilines is 1. The lowest BCUT2D eigenvalue weighted by Gasteiger charge is -2.32. The van der Waals surface area contributed by atoms with Gasteiger partial charge in [-0.1, -0.05) is 6.07 Å². The van der Waals surface area contributed by atoms with Crippen LogP contribution in [0.15, 0.2) is 30.6 Å². The van der Waals surface area contributed by atoms with E-state index in [1.807, 2.05) is 36.1 Å². The minimum absolute atomic E-state index is 0.0201. The molecule has 2 aromatic rings. The van der Waals surface area contributed by atoms with Gasteiger partial charge in [0.2, 0.25) is 0 Å². The van der Waals surface area contributed by atoms with Crippen LogP contribution in [0.1, 0.15) is 30.2 Å². The van der Waals surface area contributed by atoms with Crippen molar-refractivity contribution in [2.45, 2.75) is 25.6 Å². The number of hydrogen-bond acceptors (Lipinski definition) is 5. The van der Waals surface area contributed by atoms with Gasteiger partial charge in [0.25, 0.3) is 0 Å². The highest BCUT2D eigenvalue weighted by molar-refractivity contribution is 5.35. The summed E-state index contributed by atoms with van der Waals surface area (Å²) in [6, 6.07) is 5.80. The van der Waals surface area contributed by atoms with E-state index in [2.05, 4.69) is 15.4 Å². The van der Waals surface area contributed by atoms with E-state index >= 15 is 0 Å². The predicted molar refractivity (Wildman–Crippen MR) is 83.3 cm³/mol. The SMILES string of the molecule is Cn1nccc1[C@@H]1OCCC[C@H]1CNc1ccc(CO)cn1. The lowest BCUT2D eigenvalue weighted by atomic mass is 9.92. The van der Waals surface area contributed by atoms with Gasteiger partial charge in [-0.3, -0.25) is 4.68 Å². The highest BCUT2D eigenvalue weighted by Gasteiger charge is 2.29. The molecule has 0 saturated carbocycles. The number of nitrogens with one attached hydrogen (secondary N) is 1. The van der Waals surface area contributed by atoms with Gasteiger partial charge < -0.3 is 15.2 Å². The number of aliphatic hydroxyl groups is 1. The van der Waals surface area contributed by atoms with Crippen LogP contribution in [0.3, 0.4) is 0 Å². The number of pyridine rings is 1. The minimum atomic E-state index is 0.0201. The van der Waals surface area contributed by atoms with Crippen molar-refractivity contribution in [1.82, 2.24) is 14.8 Å². The molecule has 2 aromatic heterocycles. The molecule has 0 unspecified atom stereocenters. The summed E-state index contributed by atoms with van der Waals surface area (Å²) in [4.78, 5) is 4.31. The largest absolute Gasteiger partial charge is 0.392 e. The molecule has 1 aliphatic rings. The molecule has 1 saturated heterocycles. The van der Waals surface area contributed by atoms with E-state index in [0.717, 1.165) is 43.1 Å². The molecule has 1 fully saturated rings. The normalized spacial score (nSPS) is 21.7. The van der Waals surface area contributed by atoms with Gasteiger partial charge in [0.1, 0.15) is 11.9 Å². The Balaban J connectivity index is 1.65. The third kappa shape index (κ3) is 3.28. The summed E-state index contributed by atoms with van der Waals surface area (Å²) in [5.41, 5.74) is 1.94. The molecule has 2 N–H and O–H groups in total. The van der Waals surface area contributed by atoms with Gasteiger partial charge in [0.05, 0.1) is 12.3 Å². The molecule has 0 aliphatic carbocycles. The maximum absolute atomic E-state index is 9.04. The highest BCUT2D eigenvalue weighted by Crippen LogP contribution is 2.33. The lowest BCUT2D eigenvalue weighted by molar-refractivity contribution is -0.0284. The fourth-order valence-electron chi connectivity index (χ4n) is 2.90. The summed E-state index contributed by atoms with van der Waals surface area (Å²) in [6.07, 6.45) is 5.78. The van der Waals surface area contributed by atoms with Crippen LogP contribution in [-0.4, -0.2) is 33.0 Å². The van der Waals surface area contributed by atoms with Gasteiger partial charge in [-0.05, 0) is 30.5 Å². The lowest BCUT2D eigenvalue weighted by Crippen LogP contribution is -2.29. The maximum atomic E-state index is 9.04. The van der Waals surface area contributed by atoms with Crippen molar-refractivity contribution in [1.29, 1.82) is 0 Å². The van der Waals surface area contributed by atoms with E-state index in [0.29, 0.717) is 5.92 Å². The zero-order valence-corrected chi connectivity index (χ0v) is 12.8. The number of rotatable bonds is 5. The number of hydrogen-bond donors (Lipinski definition) is 2. The summed E-state index contributed by atoms with van der Waals surface area (Å²) >= 11 is 0. The van der Waals surface area contributed by atoms with Crippen LogP contribution in [-0.2, 0) is 18.4 Å². The summed E-state index contributed by atoms with van der Waals surface area (Å²) in [6.45, 7) is 1.63. The van der Waals surface area contributed by atoms with Gasteiger partial charge in [0.15, 0.2) is 0 Å². The molecule has 22 heavy (non-hydrogen) atoms. The van der Waals surface area contributed by atoms with Crippen molar-refractivity contribution < 1.29 is 9.84 Å². The molecule has 0 aromatic carbocycles. The molecule has 6 heteroatoms. The number of ether oxygens (including phenoxy) is 1. The van der Waals surface area contributed by atoms with E-state index < -0.39 is 0 Å². The van der Waals surface area contributed by atoms with E-state index in [-0.39, 0.29) is 12.7 Å². The number of aromatic nitrogens is 3. The Labute approximate surface area is 130 Å². The van der Waals surface area contributed by atoms with Crippen LogP contribution in [0, 0.1) is 5.92 Å². The van der Waals surface area contributed by atoms with Gasteiger partial charge in [0, 0.05) is 38.5 Å². The Kier molecular flexibility index (Phi) is 4.70. The van der Waals surface area contributed by atoms with Crippen molar-refractivity contribution in [3.05, 3.63) is 41.9 Å². The first-order valence-corrected chi connectivity index (χ1v) is 7.67. The van der Waals surface area contributed by atoms with Crippen LogP contribution < -0.4 is 5.32 Å². The Morgan fingerprint density at radius 2 is 2.32 bits per heavy atom. The first-order chi connectivity index (χ1) is 10.8. The van der Waals surface area contributed by atoms with Crippen LogP contribution >= 0.6 is 0 Å². The van der Waals surface area contributed by atoms with E-state index in [1.54, 1.807) is 6.20 Å². The van der Waals surface area contributed by atoms with Crippen molar-refractivity contribution in [2.75, 3.05) is 18.5 Å². The van der Waals surface area contributed by atoms with Gasteiger partial charge >= 0.3 is 0 Å². The smallest absolute Gasteiger partial charge is 0.125 e. The Hall–Kier alpha value is -1.92. The van der Waals surface area contributed by atoms with E-state index in [4.69, 9.17) is 9.84 Å². The highest BCUT2D eigenvalue weighted by atomic mass is 16.5. The molecule has 3 heterocycles. The zero-order chi connectivity index (χ0) is 15.4. The van der Waals surface area contributed by atoms with Gasteiger partial charge in [-0.15, -0.1) is 0 Å². The zero-order valence-electron chi connectivity index (χ0n) is 12.8. The fraction of sp³-hybridized carbons (Fsp3) is 0.500. The Morgan fingerprint density at radius 1 is 1.41 bits per heavy atom. The molecule has 0 spiro atoms. The number of nitrogens with zero attached hydrogens (tertiary/aromatic N) is 3. The third-order valence-corrected chi connectivity index (χ3v) is 4.15. The molecule has 6 nitrogen and oxygen atoms in total. The second-order valence-electron chi connectivity index (χ2n) is 5.66. The minimum Gasteiger partial charge on any atom is -0.392 e. The van der Waals surface area contributed by atoms with Crippen molar-refractivity contribution in [3.63, 3.8) is 0 Å². The summed E-state index contributed by atoms with van der Waals surface area (Å²) in [5, 5.41) is 16.7. The molecule has 0 radical (unpaired) electrons. The number of aryl methyl sites for hydroxylation is 1. The van der Waals surface area contributed by atoms with E-state index in [1.165, 1.54) is 0 Å². The first kappa shape index (κ1) is 15.0. The molecular formula is C16H22N4O2. The summed E-state index contributed by atoms with van der Waals surface area (Å²) < 4.78 is 7.87. The fourth-order valence-corrected chi connectivity index (χ4v) is 2.90. The van der Waals surface area contributed by atoms with Crippen LogP contribution in [0.25, 0.3) is 0 Å². The number of aliphatic hydroxyl groups excluding tert-OH is 1. The van der Waals surface area contributed by atoms with Crippen LogP contribution in [0.2, 0.25) is 0 Å². The molecule has 118 valence electrons. The van der Waals surface area contributed by atoms with Crippen molar-refractivity contribution in [3.8, 4) is 0 Å². The molecular weight excluding hydrogens is 280 g/mol. The maximum Gasteiger partial charge on any atom is 0.125 e. The molecule has 0 amide bonds. The second-order valence-corrected chi connectivity index (χ2v) is 5.66. The monoisotopic (exact) mass is 302 g/mol. The topological polar surface area (TPSA) is 72.2 Å². The predicted octanol–water partition coefficient (Wildman–Crippen LogP) is 1.89. The van der Waals surface area contributed by atoms with Gasteiger partial charge in [-0.25, -0.2) is 4.98 Å². The molecule has 1 aliphatic heterocycles. The average molecular weight is 302 g/mol. The summed E-state index contributed by atoms with van der Waals surface area (Å²) in [7, 11) is 1.95. The first-order valence-electron chi connectivity index (χ1n) is 7.67. The third-order valence-electron chi connectivity index (χ3n) is 4.15. The molecule has 0 bridgehead atoms. The van der Waals surface area contributed by atoms with Gasteiger partial charge in [-0.2, -0.15) is 5.10 Å². The van der Waals surface area contributed by atoms with Crippen molar-refractivity contribution >= 4 is 5.82 Å². The van der Waals surface area contributed by atoms with Crippen LogP contribution in [0.5, 0.6) is 0 Å². The van der Waals surface area contributed by atoms with E-state index in [9.17, 15) is 0 Å². The molecule has 3 rings (SSSR count). The standard InChI is InChI=1S/C16H22N4O2/c1-20-14(6-7-19-20)16-13(3-2-8-22-16)10-18-15-5-4-12(11-21)9-17-15/h4-7,9,13,16,21H,2-3,8,10-11H2,1H3,(H,17,18)/t13-,16+/m0/s1. The summed E-state index contributed by atoms with van der Waals surface area (Å²) in [5.74, 6) is 1.22. The Bertz CT molecular complexity index is 596. The van der Waals surface area contributed by atoms with Crippen molar-refractivity contribution in [2.24, 2.45) is 13.0 Å². The van der Waals surface area contributed by atoms with Crippen LogP contribution in [0.4, 0.5) is 5.82 Å².